The third-order valence-corrected chi connectivity index (χ3v) is 5.33. The molecule has 0 aliphatic heterocycles. The Hall–Kier alpha value is -3.36. The third-order valence-electron chi connectivity index (χ3n) is 4.49. The van der Waals surface area contributed by atoms with Crippen LogP contribution in [0.5, 0.6) is 0 Å². The van der Waals surface area contributed by atoms with E-state index in [4.69, 9.17) is 0 Å². The highest BCUT2D eigenvalue weighted by molar-refractivity contribution is 7.16. The predicted molar refractivity (Wildman–Crippen MR) is 106 cm³/mol. The van der Waals surface area contributed by atoms with Crippen molar-refractivity contribution in [2.24, 2.45) is 0 Å². The Kier molecular flexibility index (Phi) is 3.81. The largest absolute Gasteiger partial charge is 0.390 e. The molecule has 0 amide bonds. The Morgan fingerprint density at radius 1 is 1.07 bits per heavy atom. The molecule has 0 unspecified atom stereocenters. The summed E-state index contributed by atoms with van der Waals surface area (Å²) in [4.78, 5) is 23.5. The number of nitrogens with zero attached hydrogens (tertiary/aromatic N) is 3. The van der Waals surface area contributed by atoms with Crippen molar-refractivity contribution in [3.05, 3.63) is 75.8 Å². The lowest BCUT2D eigenvalue weighted by Crippen LogP contribution is -2.00. The standard InChI is InChI=1S/C20H13FN4O2S/c21-12-3-1-11(2-4-12)18-23-16-7-5-13(10-26)22-19(16)25(18)14-6-8-15-17(9-14)28-20(27)24-15/h1-9,26H,10H2,(H,24,27). The van der Waals surface area contributed by atoms with Crippen LogP contribution in [0.15, 0.2) is 59.4 Å². The molecule has 5 aromatic rings. The van der Waals surface area contributed by atoms with Crippen LogP contribution in [0.25, 0.3) is 38.5 Å². The average molecular weight is 392 g/mol. The predicted octanol–water partition coefficient (Wildman–Crippen LogP) is 3.62. The van der Waals surface area contributed by atoms with Gasteiger partial charge < -0.3 is 10.1 Å². The Morgan fingerprint density at radius 2 is 1.89 bits per heavy atom. The minimum absolute atomic E-state index is 0.123. The van der Waals surface area contributed by atoms with E-state index in [1.54, 1.807) is 24.3 Å². The zero-order valence-corrected chi connectivity index (χ0v) is 15.2. The van der Waals surface area contributed by atoms with E-state index in [0.29, 0.717) is 22.7 Å². The summed E-state index contributed by atoms with van der Waals surface area (Å²) in [5.41, 5.74) is 4.01. The van der Waals surface area contributed by atoms with E-state index in [2.05, 4.69) is 15.0 Å². The molecule has 2 aromatic carbocycles. The average Bonchev–Trinajstić information content (AvgIpc) is 3.26. The van der Waals surface area contributed by atoms with Crippen molar-refractivity contribution >= 4 is 32.7 Å². The zero-order valence-electron chi connectivity index (χ0n) is 14.4. The first-order valence-corrected chi connectivity index (χ1v) is 9.32. The van der Waals surface area contributed by atoms with Crippen LogP contribution < -0.4 is 4.87 Å². The van der Waals surface area contributed by atoms with Gasteiger partial charge in [-0.3, -0.25) is 9.36 Å². The molecule has 3 aromatic heterocycles. The molecule has 0 aliphatic rings. The van der Waals surface area contributed by atoms with Crippen molar-refractivity contribution < 1.29 is 9.50 Å². The van der Waals surface area contributed by atoms with Crippen molar-refractivity contribution in [2.75, 3.05) is 0 Å². The van der Waals surface area contributed by atoms with E-state index in [1.807, 2.05) is 22.8 Å². The van der Waals surface area contributed by atoms with Crippen LogP contribution in [0.1, 0.15) is 5.69 Å². The van der Waals surface area contributed by atoms with E-state index < -0.39 is 0 Å². The fourth-order valence-corrected chi connectivity index (χ4v) is 3.96. The Labute approximate surface area is 161 Å². The molecule has 2 N–H and O–H groups in total. The molecule has 0 aliphatic carbocycles. The van der Waals surface area contributed by atoms with Crippen LogP contribution in [-0.4, -0.2) is 24.6 Å². The Bertz CT molecular complexity index is 1390. The van der Waals surface area contributed by atoms with Crippen LogP contribution in [0.3, 0.4) is 0 Å². The SMILES string of the molecule is O=c1[nH]c2ccc(-n3c(-c4ccc(F)cc4)nc4ccc(CO)nc43)cc2s1. The first-order chi connectivity index (χ1) is 13.6. The number of H-pyrrole nitrogens is 1. The highest BCUT2D eigenvalue weighted by Crippen LogP contribution is 2.30. The number of hydrogen-bond acceptors (Lipinski definition) is 5. The lowest BCUT2D eigenvalue weighted by Gasteiger charge is -2.09. The van der Waals surface area contributed by atoms with E-state index in [-0.39, 0.29) is 17.3 Å². The molecular formula is C20H13FN4O2S. The van der Waals surface area contributed by atoms with E-state index in [9.17, 15) is 14.3 Å². The number of aliphatic hydroxyl groups excluding tert-OH is 1. The van der Waals surface area contributed by atoms with Crippen molar-refractivity contribution in [1.29, 1.82) is 0 Å². The van der Waals surface area contributed by atoms with Gasteiger partial charge in [0.05, 0.1) is 28.2 Å². The number of fused-ring (bicyclic) bond motifs is 2. The molecule has 3 heterocycles. The number of benzene rings is 2. The highest BCUT2D eigenvalue weighted by atomic mass is 32.1. The molecule has 0 radical (unpaired) electrons. The molecule has 8 heteroatoms. The number of pyridine rings is 1. The molecule has 0 atom stereocenters. The number of hydrogen-bond donors (Lipinski definition) is 2. The van der Waals surface area contributed by atoms with Crippen molar-refractivity contribution in [1.82, 2.24) is 19.5 Å². The van der Waals surface area contributed by atoms with Crippen molar-refractivity contribution in [2.45, 2.75) is 6.61 Å². The van der Waals surface area contributed by atoms with E-state index >= 15 is 0 Å². The van der Waals surface area contributed by atoms with Gasteiger partial charge in [-0.1, -0.05) is 11.3 Å². The summed E-state index contributed by atoms with van der Waals surface area (Å²) < 4.78 is 16.1. The summed E-state index contributed by atoms with van der Waals surface area (Å²) in [5.74, 6) is 0.269. The fraction of sp³-hybridized carbons (Fsp3) is 0.0500. The van der Waals surface area contributed by atoms with Crippen LogP contribution >= 0.6 is 11.3 Å². The number of halogens is 1. The topological polar surface area (TPSA) is 83.8 Å². The molecule has 0 saturated heterocycles. The maximum atomic E-state index is 13.4. The molecular weight excluding hydrogens is 379 g/mol. The second-order valence-corrected chi connectivity index (χ2v) is 7.29. The second kappa shape index (κ2) is 6.36. The summed E-state index contributed by atoms with van der Waals surface area (Å²) in [7, 11) is 0. The maximum Gasteiger partial charge on any atom is 0.305 e. The first-order valence-electron chi connectivity index (χ1n) is 8.51. The van der Waals surface area contributed by atoms with Gasteiger partial charge in [-0.05, 0) is 54.6 Å². The number of aromatic amines is 1. The molecule has 5 rings (SSSR count). The van der Waals surface area contributed by atoms with Crippen molar-refractivity contribution in [3.63, 3.8) is 0 Å². The van der Waals surface area contributed by atoms with Crippen LogP contribution in [-0.2, 0) is 6.61 Å². The number of thiazole rings is 1. The Morgan fingerprint density at radius 3 is 2.68 bits per heavy atom. The van der Waals surface area contributed by atoms with Gasteiger partial charge in [0.1, 0.15) is 17.2 Å². The lowest BCUT2D eigenvalue weighted by atomic mass is 10.2. The lowest BCUT2D eigenvalue weighted by molar-refractivity contribution is 0.277. The van der Waals surface area contributed by atoms with Crippen LogP contribution in [0, 0.1) is 5.82 Å². The van der Waals surface area contributed by atoms with Crippen LogP contribution in [0.2, 0.25) is 0 Å². The Balaban J connectivity index is 1.83. The van der Waals surface area contributed by atoms with Gasteiger partial charge in [-0.2, -0.15) is 0 Å². The van der Waals surface area contributed by atoms with E-state index in [1.165, 1.54) is 12.1 Å². The molecule has 0 spiro atoms. The van der Waals surface area contributed by atoms with E-state index in [0.717, 1.165) is 32.8 Å². The van der Waals surface area contributed by atoms with Gasteiger partial charge in [-0.15, -0.1) is 0 Å². The second-order valence-electron chi connectivity index (χ2n) is 6.28. The molecule has 28 heavy (non-hydrogen) atoms. The number of imidazole rings is 1. The zero-order chi connectivity index (χ0) is 19.3. The maximum absolute atomic E-state index is 13.4. The van der Waals surface area contributed by atoms with Gasteiger partial charge >= 0.3 is 4.87 Å². The third kappa shape index (κ3) is 2.70. The molecule has 6 nitrogen and oxygen atoms in total. The van der Waals surface area contributed by atoms with Gasteiger partial charge in [0.2, 0.25) is 0 Å². The number of nitrogens with one attached hydrogen (secondary N) is 1. The molecule has 0 bridgehead atoms. The van der Waals surface area contributed by atoms with Gasteiger partial charge in [-0.25, -0.2) is 14.4 Å². The van der Waals surface area contributed by atoms with Gasteiger partial charge in [0.25, 0.3) is 0 Å². The normalized spacial score (nSPS) is 11.5. The summed E-state index contributed by atoms with van der Waals surface area (Å²) in [6.07, 6.45) is 0. The number of rotatable bonds is 3. The minimum Gasteiger partial charge on any atom is -0.390 e. The fourth-order valence-electron chi connectivity index (χ4n) is 3.19. The quantitative estimate of drug-likeness (QED) is 0.491. The summed E-state index contributed by atoms with van der Waals surface area (Å²) >= 11 is 1.13. The highest BCUT2D eigenvalue weighted by Gasteiger charge is 2.17. The smallest absolute Gasteiger partial charge is 0.305 e. The number of aromatic nitrogens is 4. The van der Waals surface area contributed by atoms with Gasteiger partial charge in [0.15, 0.2) is 5.65 Å². The number of aliphatic hydroxyl groups is 1. The van der Waals surface area contributed by atoms with Crippen molar-refractivity contribution in [3.8, 4) is 17.1 Å². The molecule has 138 valence electrons. The van der Waals surface area contributed by atoms with Crippen LogP contribution in [0.4, 0.5) is 4.39 Å². The summed E-state index contributed by atoms with van der Waals surface area (Å²) in [5, 5.41) is 9.49. The summed E-state index contributed by atoms with van der Waals surface area (Å²) in [6, 6.07) is 15.2. The minimum atomic E-state index is -0.328. The monoisotopic (exact) mass is 392 g/mol. The molecule has 0 saturated carbocycles. The summed E-state index contributed by atoms with van der Waals surface area (Å²) in [6.45, 7) is -0.189. The molecule has 0 fully saturated rings. The van der Waals surface area contributed by atoms with Gasteiger partial charge in [0, 0.05) is 5.56 Å². The first kappa shape index (κ1) is 16.8.